The zero-order chi connectivity index (χ0) is 17.0. The highest BCUT2D eigenvalue weighted by atomic mass is 16.2. The Morgan fingerprint density at radius 2 is 1.84 bits per heavy atom. The third-order valence-corrected chi connectivity index (χ3v) is 5.37. The number of piperidine rings is 1. The van der Waals surface area contributed by atoms with Crippen molar-refractivity contribution in [1.82, 2.24) is 30.0 Å². The standard InChI is InChI=1S/C16H19N7O2/c24-13-8-22(16(25)23(13)11-1-2-11)10-3-5-21(6-4-10)15-12-7-19-20-14(12)17-9-18-15/h7,9-11H,1-6,8H2,(H,17,18,19,20). The molecule has 9 heteroatoms. The molecule has 25 heavy (non-hydrogen) atoms. The van der Waals surface area contributed by atoms with E-state index in [0.29, 0.717) is 0 Å². The van der Waals surface area contributed by atoms with E-state index >= 15 is 0 Å². The number of hydrogen-bond donors (Lipinski definition) is 1. The number of H-pyrrole nitrogens is 1. The molecule has 2 aromatic heterocycles. The predicted molar refractivity (Wildman–Crippen MR) is 88.9 cm³/mol. The van der Waals surface area contributed by atoms with Crippen molar-refractivity contribution in [2.75, 3.05) is 24.5 Å². The van der Waals surface area contributed by atoms with Gasteiger partial charge in [-0.05, 0) is 25.7 Å². The normalized spacial score (nSPS) is 22.5. The van der Waals surface area contributed by atoms with Gasteiger partial charge in [0.25, 0.3) is 5.91 Å². The molecule has 3 fully saturated rings. The number of carbonyl (C=O) groups is 2. The molecule has 0 atom stereocenters. The first-order valence-electron chi connectivity index (χ1n) is 8.74. The maximum absolute atomic E-state index is 12.6. The Kier molecular flexibility index (Phi) is 3.16. The third kappa shape index (κ3) is 2.33. The van der Waals surface area contributed by atoms with E-state index in [1.54, 1.807) is 11.1 Å². The molecule has 130 valence electrons. The molecule has 2 saturated heterocycles. The number of anilines is 1. The summed E-state index contributed by atoms with van der Waals surface area (Å²) < 4.78 is 0. The van der Waals surface area contributed by atoms with Gasteiger partial charge < -0.3 is 9.80 Å². The number of fused-ring (bicyclic) bond motifs is 1. The Hall–Kier alpha value is -2.71. The van der Waals surface area contributed by atoms with Gasteiger partial charge in [0, 0.05) is 25.2 Å². The number of carbonyl (C=O) groups excluding carboxylic acids is 2. The Morgan fingerprint density at radius 1 is 1.04 bits per heavy atom. The van der Waals surface area contributed by atoms with Crippen LogP contribution in [0.3, 0.4) is 0 Å². The van der Waals surface area contributed by atoms with E-state index in [9.17, 15) is 9.59 Å². The quantitative estimate of drug-likeness (QED) is 0.827. The van der Waals surface area contributed by atoms with E-state index in [0.717, 1.165) is 55.6 Å². The van der Waals surface area contributed by atoms with Gasteiger partial charge >= 0.3 is 6.03 Å². The average molecular weight is 341 g/mol. The lowest BCUT2D eigenvalue weighted by molar-refractivity contribution is -0.125. The summed E-state index contributed by atoms with van der Waals surface area (Å²) in [5, 5.41) is 7.81. The summed E-state index contributed by atoms with van der Waals surface area (Å²) in [6.07, 6.45) is 6.86. The van der Waals surface area contributed by atoms with Crippen molar-refractivity contribution in [3.05, 3.63) is 12.5 Å². The first-order valence-corrected chi connectivity index (χ1v) is 8.74. The average Bonchev–Trinajstić information content (AvgIpc) is 3.25. The van der Waals surface area contributed by atoms with Gasteiger partial charge in [0.15, 0.2) is 5.65 Å². The molecule has 0 bridgehead atoms. The van der Waals surface area contributed by atoms with Crippen LogP contribution in [0.25, 0.3) is 11.0 Å². The van der Waals surface area contributed by atoms with Crippen LogP contribution in [0, 0.1) is 0 Å². The van der Waals surface area contributed by atoms with Crippen LogP contribution in [0.1, 0.15) is 25.7 Å². The lowest BCUT2D eigenvalue weighted by Gasteiger charge is -2.36. The van der Waals surface area contributed by atoms with Crippen LogP contribution in [0.15, 0.2) is 12.5 Å². The minimum atomic E-state index is -0.0924. The van der Waals surface area contributed by atoms with E-state index < -0.39 is 0 Å². The second-order valence-electron chi connectivity index (χ2n) is 6.95. The molecule has 2 aromatic rings. The van der Waals surface area contributed by atoms with Crippen LogP contribution in [0.2, 0.25) is 0 Å². The van der Waals surface area contributed by atoms with Gasteiger partial charge in [0.05, 0.1) is 11.6 Å². The molecule has 3 aliphatic rings. The molecule has 0 aromatic carbocycles. The fourth-order valence-corrected chi connectivity index (χ4v) is 3.91. The van der Waals surface area contributed by atoms with Gasteiger partial charge in [-0.15, -0.1) is 0 Å². The number of nitrogens with zero attached hydrogens (tertiary/aromatic N) is 6. The highest BCUT2D eigenvalue weighted by Crippen LogP contribution is 2.33. The Labute approximate surface area is 144 Å². The molecule has 0 spiro atoms. The van der Waals surface area contributed by atoms with Crippen LogP contribution in [0.5, 0.6) is 0 Å². The first-order chi connectivity index (χ1) is 12.2. The Bertz CT molecular complexity index is 838. The van der Waals surface area contributed by atoms with Gasteiger partial charge in [-0.25, -0.2) is 14.8 Å². The minimum absolute atomic E-state index is 0.0363. The second kappa shape index (κ2) is 5.40. The summed E-state index contributed by atoms with van der Waals surface area (Å²) in [6, 6.07) is 0.184. The molecular weight excluding hydrogens is 322 g/mol. The van der Waals surface area contributed by atoms with Crippen molar-refractivity contribution in [3.63, 3.8) is 0 Å². The summed E-state index contributed by atoms with van der Waals surface area (Å²) >= 11 is 0. The molecule has 1 aliphatic carbocycles. The molecule has 4 heterocycles. The predicted octanol–water partition coefficient (Wildman–Crippen LogP) is 0.748. The highest BCUT2D eigenvalue weighted by Gasteiger charge is 2.47. The summed E-state index contributed by atoms with van der Waals surface area (Å²) in [5.74, 6) is 0.839. The first kappa shape index (κ1) is 14.6. The van der Waals surface area contributed by atoms with Crippen molar-refractivity contribution in [2.45, 2.75) is 37.8 Å². The van der Waals surface area contributed by atoms with Crippen LogP contribution in [-0.2, 0) is 4.79 Å². The van der Waals surface area contributed by atoms with Gasteiger partial charge in [-0.3, -0.25) is 14.8 Å². The van der Waals surface area contributed by atoms with E-state index in [1.807, 2.05) is 0 Å². The Morgan fingerprint density at radius 3 is 2.60 bits per heavy atom. The van der Waals surface area contributed by atoms with E-state index in [1.165, 1.54) is 11.2 Å². The monoisotopic (exact) mass is 341 g/mol. The molecule has 5 rings (SSSR count). The SMILES string of the molecule is O=C1CN(C2CCN(c3ncnc4[nH]ncc34)CC2)C(=O)N1C1CC1. The fourth-order valence-electron chi connectivity index (χ4n) is 3.91. The molecule has 1 N–H and O–H groups in total. The number of imide groups is 1. The molecular formula is C16H19N7O2. The van der Waals surface area contributed by atoms with Crippen LogP contribution in [-0.4, -0.2) is 73.6 Å². The molecule has 0 radical (unpaired) electrons. The number of aromatic amines is 1. The van der Waals surface area contributed by atoms with Crippen LogP contribution < -0.4 is 4.90 Å². The smallest absolute Gasteiger partial charge is 0.327 e. The molecule has 1 saturated carbocycles. The molecule has 9 nitrogen and oxygen atoms in total. The Balaban J connectivity index is 1.29. The van der Waals surface area contributed by atoms with Crippen molar-refractivity contribution in [3.8, 4) is 0 Å². The fraction of sp³-hybridized carbons (Fsp3) is 0.562. The van der Waals surface area contributed by atoms with Gasteiger partial charge in [0.2, 0.25) is 0 Å². The van der Waals surface area contributed by atoms with Crippen molar-refractivity contribution in [2.24, 2.45) is 0 Å². The second-order valence-corrected chi connectivity index (χ2v) is 6.95. The third-order valence-electron chi connectivity index (χ3n) is 5.37. The zero-order valence-corrected chi connectivity index (χ0v) is 13.8. The number of rotatable bonds is 3. The number of nitrogens with one attached hydrogen (secondary N) is 1. The molecule has 0 unspecified atom stereocenters. The highest BCUT2D eigenvalue weighted by molar-refractivity contribution is 6.02. The lowest BCUT2D eigenvalue weighted by atomic mass is 10.0. The van der Waals surface area contributed by atoms with Crippen LogP contribution in [0.4, 0.5) is 10.6 Å². The number of aromatic nitrogens is 4. The van der Waals surface area contributed by atoms with Crippen LogP contribution >= 0.6 is 0 Å². The maximum atomic E-state index is 12.6. The summed E-state index contributed by atoms with van der Waals surface area (Å²) in [5.41, 5.74) is 0.729. The van der Waals surface area contributed by atoms with E-state index in [4.69, 9.17) is 0 Å². The van der Waals surface area contributed by atoms with Crippen molar-refractivity contribution < 1.29 is 9.59 Å². The van der Waals surface area contributed by atoms with Crippen molar-refractivity contribution >= 4 is 28.8 Å². The van der Waals surface area contributed by atoms with Gasteiger partial charge in [-0.2, -0.15) is 5.10 Å². The van der Waals surface area contributed by atoms with Crippen molar-refractivity contribution in [1.29, 1.82) is 0 Å². The lowest BCUT2D eigenvalue weighted by Crippen LogP contribution is -2.47. The zero-order valence-electron chi connectivity index (χ0n) is 13.8. The van der Waals surface area contributed by atoms with E-state index in [2.05, 4.69) is 25.1 Å². The van der Waals surface area contributed by atoms with Gasteiger partial charge in [0.1, 0.15) is 18.7 Å². The largest absolute Gasteiger partial charge is 0.356 e. The number of amides is 3. The molecule has 2 aliphatic heterocycles. The number of urea groups is 1. The van der Waals surface area contributed by atoms with E-state index in [-0.39, 0.29) is 30.6 Å². The number of hydrogen-bond acceptors (Lipinski definition) is 6. The maximum Gasteiger partial charge on any atom is 0.327 e. The minimum Gasteiger partial charge on any atom is -0.356 e. The summed E-state index contributed by atoms with van der Waals surface area (Å²) in [4.78, 5) is 38.8. The topological polar surface area (TPSA) is 98.3 Å². The van der Waals surface area contributed by atoms with Gasteiger partial charge in [-0.1, -0.05) is 0 Å². The molecule has 3 amide bonds. The summed E-state index contributed by atoms with van der Waals surface area (Å²) in [6.45, 7) is 1.83. The summed E-state index contributed by atoms with van der Waals surface area (Å²) in [7, 11) is 0.